The third-order valence-corrected chi connectivity index (χ3v) is 6.27. The number of carbonyl (C=O) groups is 1. The fourth-order valence-electron chi connectivity index (χ4n) is 4.27. The Bertz CT molecular complexity index is 1020. The Morgan fingerprint density at radius 2 is 1.64 bits per heavy atom. The molecular weight excluding hydrogens is 460 g/mol. The lowest BCUT2D eigenvalue weighted by Crippen LogP contribution is -2.27. The number of ether oxygens (including phenoxy) is 4. The summed E-state index contributed by atoms with van der Waals surface area (Å²) in [7, 11) is 6.83. The first-order chi connectivity index (χ1) is 17.4. The van der Waals surface area contributed by atoms with Gasteiger partial charge in [-0.25, -0.2) is 4.79 Å². The summed E-state index contributed by atoms with van der Waals surface area (Å²) in [6.07, 6.45) is 4.18. The molecule has 0 radical (unpaired) electrons. The first-order valence-corrected chi connectivity index (χ1v) is 12.2. The first kappa shape index (κ1) is 28.8. The van der Waals surface area contributed by atoms with Crippen LogP contribution in [0.5, 0.6) is 23.0 Å². The van der Waals surface area contributed by atoms with Gasteiger partial charge in [0.2, 0.25) is 0 Å². The highest BCUT2D eigenvalue weighted by molar-refractivity contribution is 5.68. The highest BCUT2D eigenvalue weighted by Gasteiger charge is 2.21. The van der Waals surface area contributed by atoms with Gasteiger partial charge in [0.1, 0.15) is 0 Å². The Hall–Kier alpha value is -3.44. The lowest BCUT2D eigenvalue weighted by Gasteiger charge is -2.30. The number of carboxylic acid groups (broad SMARTS) is 1. The lowest BCUT2D eigenvalue weighted by molar-refractivity contribution is -0.139. The fraction of sp³-hybridized carbons (Fsp3) is 0.500. The van der Waals surface area contributed by atoms with E-state index >= 15 is 0 Å². The second-order valence-electron chi connectivity index (χ2n) is 8.72. The molecular formula is C28H38N2O6. The molecule has 2 rings (SSSR count). The van der Waals surface area contributed by atoms with Crippen LogP contribution in [-0.4, -0.2) is 57.5 Å². The third kappa shape index (κ3) is 8.35. The van der Waals surface area contributed by atoms with Gasteiger partial charge in [-0.15, -0.1) is 0 Å². The van der Waals surface area contributed by atoms with E-state index in [1.807, 2.05) is 30.3 Å². The molecule has 2 atom stereocenters. The molecule has 0 aliphatic rings. The minimum absolute atomic E-state index is 0.00210. The van der Waals surface area contributed by atoms with Crippen molar-refractivity contribution in [2.45, 2.75) is 45.1 Å². The average Bonchev–Trinajstić information content (AvgIpc) is 2.89. The van der Waals surface area contributed by atoms with E-state index in [4.69, 9.17) is 24.1 Å². The van der Waals surface area contributed by atoms with E-state index in [1.165, 1.54) is 7.11 Å². The molecule has 2 aromatic carbocycles. The molecule has 0 saturated carbocycles. The lowest BCUT2D eigenvalue weighted by atomic mass is 9.92. The number of methoxy groups -OCH3 is 3. The Balaban J connectivity index is 2.27. The minimum Gasteiger partial charge on any atom is -0.493 e. The van der Waals surface area contributed by atoms with Crippen molar-refractivity contribution in [3.8, 4) is 29.1 Å². The zero-order chi connectivity index (χ0) is 26.5. The molecule has 0 fully saturated rings. The first-order valence-electron chi connectivity index (χ1n) is 12.2. The highest BCUT2D eigenvalue weighted by atomic mass is 16.5. The highest BCUT2D eigenvalue weighted by Crippen LogP contribution is 2.35. The number of carboxylic acids is 1. The van der Waals surface area contributed by atoms with E-state index in [2.05, 4.69) is 24.9 Å². The molecule has 0 bridgehead atoms. The van der Waals surface area contributed by atoms with Gasteiger partial charge in [-0.05, 0) is 68.1 Å². The van der Waals surface area contributed by atoms with E-state index < -0.39 is 12.6 Å². The van der Waals surface area contributed by atoms with Crippen molar-refractivity contribution in [2.24, 2.45) is 5.92 Å². The number of benzene rings is 2. The van der Waals surface area contributed by atoms with Crippen molar-refractivity contribution in [2.75, 3.05) is 41.5 Å². The van der Waals surface area contributed by atoms with Crippen LogP contribution in [0.1, 0.15) is 49.8 Å². The summed E-state index contributed by atoms with van der Waals surface area (Å²) in [5, 5.41) is 18.6. The molecule has 196 valence electrons. The van der Waals surface area contributed by atoms with Crippen molar-refractivity contribution < 1.29 is 28.8 Å². The SMILES string of the molecule is CCCC(C#N)CCC(c1ccc(OC)c(OCC(=O)O)c1)N(C)CCc1ccc(OC)c(OC)c1. The van der Waals surface area contributed by atoms with E-state index in [0.29, 0.717) is 23.0 Å². The molecule has 0 saturated heterocycles. The van der Waals surface area contributed by atoms with Crippen LogP contribution < -0.4 is 18.9 Å². The van der Waals surface area contributed by atoms with E-state index in [0.717, 1.165) is 49.8 Å². The minimum atomic E-state index is -1.05. The number of rotatable bonds is 16. The molecule has 0 heterocycles. The Morgan fingerprint density at radius 1 is 0.972 bits per heavy atom. The number of aliphatic carboxylic acids is 1. The van der Waals surface area contributed by atoms with Gasteiger partial charge in [0, 0.05) is 18.5 Å². The summed E-state index contributed by atoms with van der Waals surface area (Å²) in [5.74, 6) is 1.20. The number of hydrogen-bond acceptors (Lipinski definition) is 7. The maximum atomic E-state index is 11.1. The fourth-order valence-corrected chi connectivity index (χ4v) is 4.27. The average molecular weight is 499 g/mol. The Labute approximate surface area is 214 Å². The predicted molar refractivity (Wildman–Crippen MR) is 138 cm³/mol. The predicted octanol–water partition coefficient (Wildman–Crippen LogP) is 5.11. The summed E-state index contributed by atoms with van der Waals surface area (Å²) in [5.41, 5.74) is 2.11. The molecule has 2 unspecified atom stereocenters. The molecule has 0 aliphatic carbocycles. The number of hydrogen-bond donors (Lipinski definition) is 1. The van der Waals surface area contributed by atoms with E-state index in [-0.39, 0.29) is 12.0 Å². The van der Waals surface area contributed by atoms with Gasteiger partial charge in [-0.3, -0.25) is 4.90 Å². The van der Waals surface area contributed by atoms with Gasteiger partial charge in [0.05, 0.1) is 27.4 Å². The van der Waals surface area contributed by atoms with Crippen LogP contribution in [0.25, 0.3) is 0 Å². The maximum Gasteiger partial charge on any atom is 0.341 e. The van der Waals surface area contributed by atoms with Gasteiger partial charge < -0.3 is 24.1 Å². The summed E-state index contributed by atoms with van der Waals surface area (Å²) >= 11 is 0. The summed E-state index contributed by atoms with van der Waals surface area (Å²) in [6.45, 7) is 2.40. The quantitative estimate of drug-likeness (QED) is 0.341. The summed E-state index contributed by atoms with van der Waals surface area (Å²) in [6, 6.07) is 14.0. The monoisotopic (exact) mass is 498 g/mol. The molecule has 0 spiro atoms. The zero-order valence-corrected chi connectivity index (χ0v) is 22.0. The molecule has 2 aromatic rings. The van der Waals surface area contributed by atoms with Crippen molar-refractivity contribution in [3.63, 3.8) is 0 Å². The summed E-state index contributed by atoms with van der Waals surface area (Å²) in [4.78, 5) is 13.3. The van der Waals surface area contributed by atoms with Gasteiger partial charge in [0.25, 0.3) is 0 Å². The Kier molecular flexibility index (Phi) is 11.9. The van der Waals surface area contributed by atoms with Crippen molar-refractivity contribution in [3.05, 3.63) is 47.5 Å². The van der Waals surface area contributed by atoms with E-state index in [9.17, 15) is 10.1 Å². The van der Waals surface area contributed by atoms with Crippen LogP contribution in [0.4, 0.5) is 0 Å². The number of nitrogens with zero attached hydrogens (tertiary/aromatic N) is 2. The largest absolute Gasteiger partial charge is 0.493 e. The van der Waals surface area contributed by atoms with Crippen molar-refractivity contribution in [1.82, 2.24) is 4.90 Å². The molecule has 1 N–H and O–H groups in total. The standard InChI is InChI=1S/C28H38N2O6/c1-6-7-21(18-29)8-11-23(22-10-13-25(34-4)27(17-22)36-19-28(31)32)30(2)15-14-20-9-12-24(33-3)26(16-20)35-5/h9-10,12-13,16-17,21,23H,6-8,11,14-15,19H2,1-5H3,(H,31,32). The Morgan fingerprint density at radius 3 is 2.25 bits per heavy atom. The van der Waals surface area contributed by atoms with Crippen LogP contribution in [-0.2, 0) is 11.2 Å². The van der Waals surface area contributed by atoms with Crippen molar-refractivity contribution >= 4 is 5.97 Å². The number of nitriles is 1. The van der Waals surface area contributed by atoms with Crippen LogP contribution >= 0.6 is 0 Å². The van der Waals surface area contributed by atoms with Gasteiger partial charge in [-0.1, -0.05) is 25.5 Å². The maximum absolute atomic E-state index is 11.1. The molecule has 0 aromatic heterocycles. The molecule has 0 amide bonds. The smallest absolute Gasteiger partial charge is 0.341 e. The topological polar surface area (TPSA) is 101 Å². The van der Waals surface area contributed by atoms with Crippen LogP contribution in [0, 0.1) is 17.2 Å². The van der Waals surface area contributed by atoms with E-state index in [1.54, 1.807) is 20.3 Å². The second-order valence-corrected chi connectivity index (χ2v) is 8.72. The van der Waals surface area contributed by atoms with Gasteiger partial charge in [-0.2, -0.15) is 5.26 Å². The normalized spacial score (nSPS) is 12.5. The molecule has 0 aliphatic heterocycles. The van der Waals surface area contributed by atoms with Crippen LogP contribution in [0.15, 0.2) is 36.4 Å². The summed E-state index contributed by atoms with van der Waals surface area (Å²) < 4.78 is 21.7. The van der Waals surface area contributed by atoms with Crippen LogP contribution in [0.3, 0.4) is 0 Å². The van der Waals surface area contributed by atoms with Crippen LogP contribution in [0.2, 0.25) is 0 Å². The second kappa shape index (κ2) is 14.8. The van der Waals surface area contributed by atoms with Gasteiger partial charge in [0.15, 0.2) is 29.6 Å². The van der Waals surface area contributed by atoms with Gasteiger partial charge >= 0.3 is 5.97 Å². The molecule has 8 heteroatoms. The molecule has 8 nitrogen and oxygen atoms in total. The molecule has 36 heavy (non-hydrogen) atoms. The number of likely N-dealkylation sites (N-methyl/N-ethyl adjacent to an activating group) is 1. The van der Waals surface area contributed by atoms with Crippen molar-refractivity contribution in [1.29, 1.82) is 5.26 Å². The zero-order valence-electron chi connectivity index (χ0n) is 22.0. The third-order valence-electron chi connectivity index (χ3n) is 6.27.